The van der Waals surface area contributed by atoms with Crippen LogP contribution in [0.2, 0.25) is 0 Å². The predicted octanol–water partition coefficient (Wildman–Crippen LogP) is 1.79. The van der Waals surface area contributed by atoms with Crippen LogP contribution in [0, 0.1) is 6.92 Å². The van der Waals surface area contributed by atoms with Crippen molar-refractivity contribution in [2.24, 2.45) is 0 Å². The number of hydrogen-bond acceptors (Lipinski definition) is 5. The van der Waals surface area contributed by atoms with Gasteiger partial charge in [-0.25, -0.2) is 4.98 Å². The number of pyridine rings is 1. The Bertz CT molecular complexity index is 775. The van der Waals surface area contributed by atoms with Crippen molar-refractivity contribution in [1.29, 1.82) is 0 Å². The molecule has 0 spiro atoms. The average Bonchev–Trinajstić information content (AvgIpc) is 3.10. The van der Waals surface area contributed by atoms with Crippen LogP contribution in [0.1, 0.15) is 53.2 Å². The van der Waals surface area contributed by atoms with Crippen LogP contribution in [0.25, 0.3) is 0 Å². The van der Waals surface area contributed by atoms with E-state index >= 15 is 0 Å². The van der Waals surface area contributed by atoms with Gasteiger partial charge < -0.3 is 10.2 Å². The van der Waals surface area contributed by atoms with E-state index in [9.17, 15) is 9.59 Å². The molecule has 2 aromatic heterocycles. The molecule has 1 aliphatic rings. The Morgan fingerprint density at radius 3 is 2.84 bits per heavy atom. The summed E-state index contributed by atoms with van der Waals surface area (Å²) in [5, 5.41) is 2.74. The molecular weight excluding hydrogens is 318 g/mol. The Balaban J connectivity index is 1.79. The molecule has 7 heteroatoms. The van der Waals surface area contributed by atoms with E-state index in [1.807, 2.05) is 24.0 Å². The first kappa shape index (κ1) is 17.0. The Morgan fingerprint density at radius 1 is 1.28 bits per heavy atom. The SMILES string of the molecule is CC(=O)NCc1cc([C@H]2CCCN2C(=O)c2cnc(C)cn2)ccn1. The van der Waals surface area contributed by atoms with Crippen LogP contribution >= 0.6 is 0 Å². The largest absolute Gasteiger partial charge is 0.351 e. The normalized spacial score (nSPS) is 16.7. The zero-order valence-corrected chi connectivity index (χ0v) is 14.4. The molecule has 0 aliphatic carbocycles. The van der Waals surface area contributed by atoms with Gasteiger partial charge in [0.1, 0.15) is 5.69 Å². The second-order valence-corrected chi connectivity index (χ2v) is 6.19. The molecule has 0 radical (unpaired) electrons. The maximum atomic E-state index is 12.8. The number of amides is 2. The zero-order valence-electron chi connectivity index (χ0n) is 14.4. The van der Waals surface area contributed by atoms with Crippen molar-refractivity contribution in [3.8, 4) is 0 Å². The number of hydrogen-bond donors (Lipinski definition) is 1. The second kappa shape index (κ2) is 7.38. The summed E-state index contributed by atoms with van der Waals surface area (Å²) in [5.74, 6) is -0.196. The van der Waals surface area contributed by atoms with Gasteiger partial charge in [-0.1, -0.05) is 0 Å². The van der Waals surface area contributed by atoms with Crippen molar-refractivity contribution in [1.82, 2.24) is 25.2 Å². The monoisotopic (exact) mass is 339 g/mol. The minimum absolute atomic E-state index is 0.00492. The number of carbonyl (C=O) groups excluding carboxylic acids is 2. The number of aromatic nitrogens is 3. The molecule has 0 aromatic carbocycles. The highest BCUT2D eigenvalue weighted by Crippen LogP contribution is 2.32. The number of carbonyl (C=O) groups is 2. The third kappa shape index (κ3) is 3.99. The van der Waals surface area contributed by atoms with E-state index in [2.05, 4.69) is 20.3 Å². The lowest BCUT2D eigenvalue weighted by atomic mass is 10.0. The van der Waals surface area contributed by atoms with Crippen molar-refractivity contribution in [3.05, 3.63) is 53.4 Å². The molecule has 0 unspecified atom stereocenters. The van der Waals surface area contributed by atoms with Gasteiger partial charge in [0.15, 0.2) is 0 Å². The maximum Gasteiger partial charge on any atom is 0.274 e. The van der Waals surface area contributed by atoms with Gasteiger partial charge in [0.25, 0.3) is 5.91 Å². The highest BCUT2D eigenvalue weighted by molar-refractivity contribution is 5.92. The Morgan fingerprint density at radius 2 is 2.12 bits per heavy atom. The number of rotatable bonds is 4. The molecule has 0 bridgehead atoms. The van der Waals surface area contributed by atoms with E-state index < -0.39 is 0 Å². The summed E-state index contributed by atoms with van der Waals surface area (Å²) in [6.07, 6.45) is 6.70. The van der Waals surface area contributed by atoms with Gasteiger partial charge in [-0.3, -0.25) is 19.6 Å². The van der Waals surface area contributed by atoms with Crippen molar-refractivity contribution < 1.29 is 9.59 Å². The molecule has 25 heavy (non-hydrogen) atoms. The molecule has 3 rings (SSSR count). The van der Waals surface area contributed by atoms with E-state index in [1.54, 1.807) is 12.4 Å². The third-order valence-electron chi connectivity index (χ3n) is 4.26. The number of likely N-dealkylation sites (tertiary alicyclic amines) is 1. The minimum Gasteiger partial charge on any atom is -0.351 e. The second-order valence-electron chi connectivity index (χ2n) is 6.19. The molecule has 1 N–H and O–H groups in total. The van der Waals surface area contributed by atoms with Crippen LogP contribution in [0.4, 0.5) is 0 Å². The van der Waals surface area contributed by atoms with Gasteiger partial charge in [0, 0.05) is 25.9 Å². The van der Waals surface area contributed by atoms with E-state index in [4.69, 9.17) is 0 Å². The topological polar surface area (TPSA) is 88.1 Å². The molecule has 2 aromatic rings. The molecule has 7 nitrogen and oxygen atoms in total. The predicted molar refractivity (Wildman–Crippen MR) is 91.5 cm³/mol. The third-order valence-corrected chi connectivity index (χ3v) is 4.26. The van der Waals surface area contributed by atoms with E-state index in [1.165, 1.54) is 13.1 Å². The van der Waals surface area contributed by atoms with Crippen LogP contribution in [-0.4, -0.2) is 38.2 Å². The molecular formula is C18H21N5O2. The maximum absolute atomic E-state index is 12.8. The van der Waals surface area contributed by atoms with Crippen molar-refractivity contribution >= 4 is 11.8 Å². The van der Waals surface area contributed by atoms with E-state index in [0.717, 1.165) is 29.8 Å². The van der Waals surface area contributed by atoms with Crippen LogP contribution < -0.4 is 5.32 Å². The lowest BCUT2D eigenvalue weighted by molar-refractivity contribution is -0.119. The van der Waals surface area contributed by atoms with E-state index in [0.29, 0.717) is 18.8 Å². The first-order chi connectivity index (χ1) is 12.0. The molecule has 130 valence electrons. The van der Waals surface area contributed by atoms with Crippen LogP contribution in [0.15, 0.2) is 30.7 Å². The summed E-state index contributed by atoms with van der Waals surface area (Å²) < 4.78 is 0. The minimum atomic E-state index is -0.102. The Kier molecular flexibility index (Phi) is 5.02. The lowest BCUT2D eigenvalue weighted by Crippen LogP contribution is -2.31. The summed E-state index contributed by atoms with van der Waals surface area (Å²) in [7, 11) is 0. The van der Waals surface area contributed by atoms with Gasteiger partial charge in [-0.05, 0) is 37.5 Å². The van der Waals surface area contributed by atoms with Gasteiger partial charge in [0.2, 0.25) is 5.91 Å². The van der Waals surface area contributed by atoms with Crippen LogP contribution in [0.3, 0.4) is 0 Å². The fraction of sp³-hybridized carbons (Fsp3) is 0.389. The number of aryl methyl sites for hydroxylation is 1. The summed E-state index contributed by atoms with van der Waals surface area (Å²) in [4.78, 5) is 38.4. The van der Waals surface area contributed by atoms with E-state index in [-0.39, 0.29) is 17.9 Å². The number of nitrogens with one attached hydrogen (secondary N) is 1. The number of nitrogens with zero attached hydrogens (tertiary/aromatic N) is 4. The molecule has 2 amide bonds. The van der Waals surface area contributed by atoms with Crippen molar-refractivity contribution in [3.63, 3.8) is 0 Å². The van der Waals surface area contributed by atoms with Gasteiger partial charge in [0.05, 0.1) is 30.2 Å². The summed E-state index contributed by atoms with van der Waals surface area (Å²) in [5.41, 5.74) is 2.96. The molecule has 1 atom stereocenters. The fourth-order valence-electron chi connectivity index (χ4n) is 3.02. The Hall–Kier alpha value is -2.83. The molecule has 1 saturated heterocycles. The lowest BCUT2D eigenvalue weighted by Gasteiger charge is -2.25. The zero-order chi connectivity index (χ0) is 17.8. The highest BCUT2D eigenvalue weighted by Gasteiger charge is 2.31. The molecule has 0 saturated carbocycles. The fourth-order valence-corrected chi connectivity index (χ4v) is 3.02. The van der Waals surface area contributed by atoms with Crippen molar-refractivity contribution in [2.75, 3.05) is 6.54 Å². The molecule has 1 aliphatic heterocycles. The van der Waals surface area contributed by atoms with Gasteiger partial charge in [-0.15, -0.1) is 0 Å². The molecule has 3 heterocycles. The van der Waals surface area contributed by atoms with Crippen LogP contribution in [0.5, 0.6) is 0 Å². The quantitative estimate of drug-likeness (QED) is 0.917. The van der Waals surface area contributed by atoms with Crippen molar-refractivity contribution in [2.45, 2.75) is 39.3 Å². The summed E-state index contributed by atoms with van der Waals surface area (Å²) >= 11 is 0. The first-order valence-corrected chi connectivity index (χ1v) is 8.33. The van der Waals surface area contributed by atoms with Crippen LogP contribution in [-0.2, 0) is 11.3 Å². The van der Waals surface area contributed by atoms with Gasteiger partial charge >= 0.3 is 0 Å². The molecule has 1 fully saturated rings. The smallest absolute Gasteiger partial charge is 0.274 e. The average molecular weight is 339 g/mol. The summed E-state index contributed by atoms with van der Waals surface area (Å²) in [6.45, 7) is 4.40. The first-order valence-electron chi connectivity index (χ1n) is 8.33. The highest BCUT2D eigenvalue weighted by atomic mass is 16.2. The van der Waals surface area contributed by atoms with Gasteiger partial charge in [-0.2, -0.15) is 0 Å². The Labute approximate surface area is 146 Å². The standard InChI is InChI=1S/C18H21N5O2/c1-12-9-22-16(11-20-12)18(25)23-7-3-4-17(23)14-5-6-19-15(8-14)10-21-13(2)24/h5-6,8-9,11,17H,3-4,7,10H2,1-2H3,(H,21,24)/t17-/m1/s1. The summed E-state index contributed by atoms with van der Waals surface area (Å²) in [6, 6.07) is 3.87.